The number of carbonyl (C=O) groups is 1. The van der Waals surface area contributed by atoms with Gasteiger partial charge in [-0.15, -0.1) is 0 Å². The van der Waals surface area contributed by atoms with Crippen LogP contribution in [0.3, 0.4) is 0 Å². The molecule has 0 amide bonds. The summed E-state index contributed by atoms with van der Waals surface area (Å²) >= 11 is 0. The predicted molar refractivity (Wildman–Crippen MR) is 56.1 cm³/mol. The van der Waals surface area contributed by atoms with Crippen molar-refractivity contribution >= 4 is 16.0 Å². The number of hydrogen-bond acceptors (Lipinski definition) is 4. The van der Waals surface area contributed by atoms with Gasteiger partial charge in [0.15, 0.2) is 0 Å². The van der Waals surface area contributed by atoms with Crippen molar-refractivity contribution in [2.24, 2.45) is 5.14 Å². The van der Waals surface area contributed by atoms with Gasteiger partial charge in [0, 0.05) is 5.92 Å². The number of sulfonamides is 1. The molecule has 0 aliphatic carbocycles. The van der Waals surface area contributed by atoms with Crippen LogP contribution in [0, 0.1) is 5.82 Å². The van der Waals surface area contributed by atoms with E-state index in [1.807, 2.05) is 0 Å². The van der Waals surface area contributed by atoms with Gasteiger partial charge in [0.05, 0.1) is 13.0 Å². The Kier molecular flexibility index (Phi) is 2.88. The van der Waals surface area contributed by atoms with Gasteiger partial charge in [-0.25, -0.2) is 17.9 Å². The lowest BCUT2D eigenvalue weighted by atomic mass is 9.98. The third kappa shape index (κ3) is 2.45. The number of hydrogen-bond donors (Lipinski definition) is 1. The van der Waals surface area contributed by atoms with Crippen LogP contribution in [-0.2, 0) is 19.6 Å². The van der Waals surface area contributed by atoms with Gasteiger partial charge in [0.1, 0.15) is 10.7 Å². The lowest BCUT2D eigenvalue weighted by molar-refractivity contribution is -0.137. The Bertz CT molecular complexity index is 570. The van der Waals surface area contributed by atoms with Crippen LogP contribution in [0.15, 0.2) is 23.1 Å². The summed E-state index contributed by atoms with van der Waals surface area (Å²) in [5.74, 6) is -1.48. The fraction of sp³-hybridized carbons (Fsp3) is 0.300. The molecule has 92 valence electrons. The van der Waals surface area contributed by atoms with Gasteiger partial charge in [-0.3, -0.25) is 4.79 Å². The van der Waals surface area contributed by atoms with Crippen molar-refractivity contribution in [3.63, 3.8) is 0 Å². The first kappa shape index (κ1) is 12.0. The van der Waals surface area contributed by atoms with Gasteiger partial charge in [-0.2, -0.15) is 0 Å². The number of esters is 1. The highest BCUT2D eigenvalue weighted by atomic mass is 32.2. The van der Waals surface area contributed by atoms with E-state index in [1.165, 1.54) is 6.07 Å². The van der Waals surface area contributed by atoms with Gasteiger partial charge < -0.3 is 4.74 Å². The third-order valence-corrected chi connectivity index (χ3v) is 3.54. The maximum Gasteiger partial charge on any atom is 0.306 e. The molecule has 1 unspecified atom stereocenters. The number of carbonyl (C=O) groups excluding carboxylic acids is 1. The molecular formula is C10H10FNO4S. The van der Waals surface area contributed by atoms with E-state index >= 15 is 0 Å². The summed E-state index contributed by atoms with van der Waals surface area (Å²) in [6, 6.07) is 3.62. The monoisotopic (exact) mass is 259 g/mol. The highest BCUT2D eigenvalue weighted by molar-refractivity contribution is 7.89. The van der Waals surface area contributed by atoms with Crippen LogP contribution >= 0.6 is 0 Å². The maximum absolute atomic E-state index is 13.5. The minimum absolute atomic E-state index is 0.175. The number of halogens is 1. The first-order chi connectivity index (χ1) is 7.88. The first-order valence-corrected chi connectivity index (χ1v) is 6.40. The van der Waals surface area contributed by atoms with E-state index in [-0.39, 0.29) is 24.9 Å². The zero-order valence-corrected chi connectivity index (χ0v) is 9.54. The number of cyclic esters (lactones) is 1. The average molecular weight is 259 g/mol. The third-order valence-electron chi connectivity index (χ3n) is 2.59. The molecule has 0 spiro atoms. The molecule has 2 rings (SSSR count). The fourth-order valence-corrected chi connectivity index (χ4v) is 2.32. The van der Waals surface area contributed by atoms with E-state index in [9.17, 15) is 17.6 Å². The summed E-state index contributed by atoms with van der Waals surface area (Å²) in [5, 5.41) is 4.84. The normalized spacial score (nSPS) is 20.4. The Morgan fingerprint density at radius 2 is 2.12 bits per heavy atom. The van der Waals surface area contributed by atoms with Crippen LogP contribution in [-0.4, -0.2) is 21.0 Å². The Balaban J connectivity index is 2.35. The summed E-state index contributed by atoms with van der Waals surface area (Å²) in [5.41, 5.74) is 0.528. The van der Waals surface area contributed by atoms with Crippen molar-refractivity contribution in [1.29, 1.82) is 0 Å². The smallest absolute Gasteiger partial charge is 0.306 e. The molecule has 2 N–H and O–H groups in total. The number of rotatable bonds is 2. The second kappa shape index (κ2) is 4.08. The number of primary sulfonamides is 1. The SMILES string of the molecule is NS(=O)(=O)c1ccc(C2COC(=O)C2)cc1F. The molecule has 1 aliphatic heterocycles. The molecule has 0 saturated carbocycles. The van der Waals surface area contributed by atoms with Crippen LogP contribution < -0.4 is 5.14 Å². The maximum atomic E-state index is 13.5. The lowest BCUT2D eigenvalue weighted by Crippen LogP contribution is -2.14. The molecule has 5 nitrogen and oxygen atoms in total. The largest absolute Gasteiger partial charge is 0.465 e. The first-order valence-electron chi connectivity index (χ1n) is 4.86. The van der Waals surface area contributed by atoms with E-state index in [2.05, 4.69) is 0 Å². The van der Waals surface area contributed by atoms with E-state index in [4.69, 9.17) is 9.88 Å². The Morgan fingerprint density at radius 1 is 1.41 bits per heavy atom. The summed E-state index contributed by atoms with van der Waals surface area (Å²) in [6.07, 6.45) is 0.175. The van der Waals surface area contributed by atoms with E-state index in [1.54, 1.807) is 0 Å². The molecular weight excluding hydrogens is 249 g/mol. The van der Waals surface area contributed by atoms with Crippen LogP contribution in [0.5, 0.6) is 0 Å². The van der Waals surface area contributed by atoms with Crippen molar-refractivity contribution in [3.8, 4) is 0 Å². The van der Waals surface area contributed by atoms with Crippen molar-refractivity contribution in [3.05, 3.63) is 29.6 Å². The van der Waals surface area contributed by atoms with Gasteiger partial charge >= 0.3 is 5.97 Å². The van der Waals surface area contributed by atoms with Crippen LogP contribution in [0.25, 0.3) is 0 Å². The average Bonchev–Trinajstić information content (AvgIpc) is 2.62. The van der Waals surface area contributed by atoms with Gasteiger partial charge in [-0.1, -0.05) is 6.07 Å². The molecule has 17 heavy (non-hydrogen) atoms. The predicted octanol–water partition coefficient (Wildman–Crippen LogP) is 0.504. The minimum Gasteiger partial charge on any atom is -0.465 e. The van der Waals surface area contributed by atoms with Crippen molar-refractivity contribution in [1.82, 2.24) is 0 Å². The zero-order chi connectivity index (χ0) is 12.6. The minimum atomic E-state index is -4.06. The second-order valence-electron chi connectivity index (χ2n) is 3.82. The molecule has 7 heteroatoms. The highest BCUT2D eigenvalue weighted by Crippen LogP contribution is 2.27. The fourth-order valence-electron chi connectivity index (χ4n) is 1.73. The van der Waals surface area contributed by atoms with E-state index in [0.29, 0.717) is 5.56 Å². The molecule has 1 fully saturated rings. The summed E-state index contributed by atoms with van der Waals surface area (Å²) < 4.78 is 40.3. The van der Waals surface area contributed by atoms with Crippen LogP contribution in [0.2, 0.25) is 0 Å². The molecule has 0 aromatic heterocycles. The molecule has 1 aliphatic rings. The van der Waals surface area contributed by atoms with Gasteiger partial charge in [0.25, 0.3) is 0 Å². The number of ether oxygens (including phenoxy) is 1. The summed E-state index contributed by atoms with van der Waals surface area (Å²) in [7, 11) is -4.06. The summed E-state index contributed by atoms with van der Waals surface area (Å²) in [4.78, 5) is 10.4. The van der Waals surface area contributed by atoms with Gasteiger partial charge in [-0.05, 0) is 17.7 Å². The summed E-state index contributed by atoms with van der Waals surface area (Å²) in [6.45, 7) is 0.187. The van der Waals surface area contributed by atoms with Crippen molar-refractivity contribution < 1.29 is 22.3 Å². The topological polar surface area (TPSA) is 86.5 Å². The van der Waals surface area contributed by atoms with Gasteiger partial charge in [0.2, 0.25) is 10.0 Å². The number of nitrogens with two attached hydrogens (primary N) is 1. The van der Waals surface area contributed by atoms with Crippen LogP contribution in [0.4, 0.5) is 4.39 Å². The van der Waals surface area contributed by atoms with Crippen molar-refractivity contribution in [2.45, 2.75) is 17.2 Å². The zero-order valence-electron chi connectivity index (χ0n) is 8.72. The van der Waals surface area contributed by atoms with Crippen LogP contribution in [0.1, 0.15) is 17.9 Å². The molecule has 1 aromatic carbocycles. The van der Waals surface area contributed by atoms with E-state index < -0.39 is 20.7 Å². The molecule has 1 heterocycles. The lowest BCUT2D eigenvalue weighted by Gasteiger charge is -2.08. The Hall–Kier alpha value is -1.47. The second-order valence-corrected chi connectivity index (χ2v) is 5.35. The Morgan fingerprint density at radius 3 is 2.59 bits per heavy atom. The standard InChI is InChI=1S/C10H10FNO4S/c11-8-3-6(7-4-10(13)16-5-7)1-2-9(8)17(12,14)15/h1-3,7H,4-5H2,(H2,12,14,15). The molecule has 0 bridgehead atoms. The number of benzene rings is 1. The molecule has 1 atom stereocenters. The molecule has 1 aromatic rings. The quantitative estimate of drug-likeness (QED) is 0.784. The molecule has 0 radical (unpaired) electrons. The van der Waals surface area contributed by atoms with Crippen molar-refractivity contribution in [2.75, 3.05) is 6.61 Å². The van der Waals surface area contributed by atoms with E-state index in [0.717, 1.165) is 12.1 Å². The molecule has 1 saturated heterocycles. The highest BCUT2D eigenvalue weighted by Gasteiger charge is 2.26. The Labute approximate surface area is 97.4 Å².